The molecule has 1 fully saturated rings. The molecule has 3 aromatic rings. The number of halogens is 2. The number of hydrogen-bond acceptors (Lipinski definition) is 3. The summed E-state index contributed by atoms with van der Waals surface area (Å²) in [4.78, 5) is 26.2. The van der Waals surface area contributed by atoms with E-state index in [4.69, 9.17) is 4.74 Å². The van der Waals surface area contributed by atoms with Crippen LogP contribution in [0.5, 0.6) is 0 Å². The van der Waals surface area contributed by atoms with E-state index in [-0.39, 0.29) is 23.9 Å². The van der Waals surface area contributed by atoms with Crippen LogP contribution in [-0.4, -0.2) is 29.2 Å². The molecule has 1 saturated carbocycles. The molecule has 1 aromatic heterocycles. The largest absolute Gasteiger partial charge is 0.368 e. The molecule has 0 saturated heterocycles. The van der Waals surface area contributed by atoms with Gasteiger partial charge in [-0.15, -0.1) is 0 Å². The predicted molar refractivity (Wildman–Crippen MR) is 129 cm³/mol. The van der Waals surface area contributed by atoms with Gasteiger partial charge in [0.05, 0.1) is 12.1 Å². The second-order valence-corrected chi connectivity index (χ2v) is 9.56. The van der Waals surface area contributed by atoms with Crippen LogP contribution in [0.25, 0.3) is 11.1 Å². The third-order valence-corrected chi connectivity index (χ3v) is 7.37. The number of fused-ring (bicyclic) bond motifs is 1. The number of pyridine rings is 1. The fourth-order valence-corrected chi connectivity index (χ4v) is 5.12. The van der Waals surface area contributed by atoms with E-state index < -0.39 is 23.3 Å². The Balaban J connectivity index is 1.54. The number of hydrogen-bond donors (Lipinski definition) is 1. The van der Waals surface area contributed by atoms with Gasteiger partial charge in [0.1, 0.15) is 17.2 Å². The fraction of sp³-hybridized carbons (Fsp3) is 0.357. The zero-order valence-electron chi connectivity index (χ0n) is 19.8. The number of rotatable bonds is 6. The van der Waals surface area contributed by atoms with Gasteiger partial charge in [-0.25, -0.2) is 8.78 Å². The van der Waals surface area contributed by atoms with Crippen LogP contribution in [0, 0.1) is 18.6 Å². The molecule has 5 nitrogen and oxygen atoms in total. The van der Waals surface area contributed by atoms with E-state index in [1.807, 2.05) is 6.07 Å². The highest BCUT2D eigenvalue weighted by molar-refractivity contribution is 5.88. The third kappa shape index (κ3) is 4.29. The van der Waals surface area contributed by atoms with Gasteiger partial charge in [-0.2, -0.15) is 0 Å². The van der Waals surface area contributed by atoms with Crippen molar-refractivity contribution in [1.29, 1.82) is 0 Å². The van der Waals surface area contributed by atoms with Crippen LogP contribution in [0.15, 0.2) is 59.4 Å². The summed E-state index contributed by atoms with van der Waals surface area (Å²) < 4.78 is 36.7. The highest BCUT2D eigenvalue weighted by atomic mass is 19.1. The Morgan fingerprint density at radius 3 is 2.63 bits per heavy atom. The Hall–Kier alpha value is -3.32. The molecular formula is C28H28F2N2O3. The maximum Gasteiger partial charge on any atom is 0.253 e. The Bertz CT molecular complexity index is 1350. The molecular weight excluding hydrogens is 450 g/mol. The SMILES string of the molecule is COC1(C(=O)N[C@H]2CCc3ccc(C)c(=O)n3[C@H]2Cc2cccc(-c3cccc(F)c3)c2F)CC1. The smallest absolute Gasteiger partial charge is 0.253 e. The minimum absolute atomic E-state index is 0.138. The summed E-state index contributed by atoms with van der Waals surface area (Å²) in [6.45, 7) is 1.75. The van der Waals surface area contributed by atoms with Crippen molar-refractivity contribution in [3.8, 4) is 11.1 Å². The maximum absolute atomic E-state index is 15.7. The molecule has 2 atom stereocenters. The molecule has 182 valence electrons. The van der Waals surface area contributed by atoms with Crippen LogP contribution in [0.3, 0.4) is 0 Å². The van der Waals surface area contributed by atoms with E-state index in [9.17, 15) is 14.0 Å². The quantitative estimate of drug-likeness (QED) is 0.568. The summed E-state index contributed by atoms with van der Waals surface area (Å²) in [5.74, 6) is -1.08. The molecule has 5 rings (SSSR count). The second kappa shape index (κ2) is 9.04. The molecule has 35 heavy (non-hydrogen) atoms. The average Bonchev–Trinajstić information content (AvgIpc) is 3.65. The van der Waals surface area contributed by atoms with E-state index in [0.29, 0.717) is 47.9 Å². The average molecular weight is 479 g/mol. The number of amides is 1. The minimum atomic E-state index is -0.801. The summed E-state index contributed by atoms with van der Waals surface area (Å²) in [5, 5.41) is 3.11. The van der Waals surface area contributed by atoms with E-state index in [1.54, 1.807) is 47.9 Å². The van der Waals surface area contributed by atoms with E-state index in [1.165, 1.54) is 19.2 Å². The van der Waals surface area contributed by atoms with Crippen molar-refractivity contribution < 1.29 is 18.3 Å². The standard InChI is InChI=1S/C28H28F2N2O3/c1-17-9-10-21-11-12-23(31-27(34)28(35-2)13-14-28)24(32(21)26(17)33)16-19-6-4-8-22(25(19)30)18-5-3-7-20(29)15-18/h3-10,15,23-24H,11-14,16H2,1-2H3,(H,31,34)/t23-,24-/m0/s1. The molecule has 2 aliphatic rings. The molecule has 7 heteroatoms. The Kier molecular flexibility index (Phi) is 6.05. The molecule has 1 amide bonds. The van der Waals surface area contributed by atoms with Crippen molar-refractivity contribution in [2.75, 3.05) is 7.11 Å². The van der Waals surface area contributed by atoms with Crippen LogP contribution in [0.2, 0.25) is 0 Å². The zero-order valence-corrected chi connectivity index (χ0v) is 19.8. The minimum Gasteiger partial charge on any atom is -0.368 e. The number of ether oxygens (including phenoxy) is 1. The zero-order chi connectivity index (χ0) is 24.7. The molecule has 2 heterocycles. The topological polar surface area (TPSA) is 60.3 Å². The molecule has 1 N–H and O–H groups in total. The second-order valence-electron chi connectivity index (χ2n) is 9.56. The summed E-state index contributed by atoms with van der Waals surface area (Å²) in [5.41, 5.74) is 1.67. The van der Waals surface area contributed by atoms with Gasteiger partial charge in [-0.05, 0) is 68.4 Å². The highest BCUT2D eigenvalue weighted by Crippen LogP contribution is 2.40. The van der Waals surface area contributed by atoms with E-state index >= 15 is 4.39 Å². The molecule has 1 aliphatic heterocycles. The molecule has 0 radical (unpaired) electrons. The van der Waals surface area contributed by atoms with Crippen molar-refractivity contribution in [2.45, 2.75) is 56.7 Å². The van der Waals surface area contributed by atoms with Crippen molar-refractivity contribution in [2.24, 2.45) is 0 Å². The lowest BCUT2D eigenvalue weighted by Gasteiger charge is -2.37. The number of aryl methyl sites for hydroxylation is 2. The first-order valence-corrected chi connectivity index (χ1v) is 11.9. The number of carbonyl (C=O) groups excluding carboxylic acids is 1. The van der Waals surface area contributed by atoms with Gasteiger partial charge >= 0.3 is 0 Å². The lowest BCUT2D eigenvalue weighted by molar-refractivity contribution is -0.134. The highest BCUT2D eigenvalue weighted by Gasteiger charge is 2.51. The number of benzene rings is 2. The Morgan fingerprint density at radius 2 is 1.91 bits per heavy atom. The number of aromatic nitrogens is 1. The van der Waals surface area contributed by atoms with Gasteiger partial charge in [0.25, 0.3) is 11.5 Å². The summed E-state index contributed by atoms with van der Waals surface area (Å²) in [6, 6.07) is 13.8. The van der Waals surface area contributed by atoms with Gasteiger partial charge in [-0.3, -0.25) is 9.59 Å². The van der Waals surface area contributed by atoms with Gasteiger partial charge in [0.2, 0.25) is 0 Å². The Morgan fingerprint density at radius 1 is 1.14 bits per heavy atom. The van der Waals surface area contributed by atoms with Gasteiger partial charge in [0, 0.05) is 23.9 Å². The number of nitrogens with one attached hydrogen (secondary N) is 1. The molecule has 0 unspecified atom stereocenters. The lowest BCUT2D eigenvalue weighted by atomic mass is 9.89. The third-order valence-electron chi connectivity index (χ3n) is 7.37. The summed E-state index contributed by atoms with van der Waals surface area (Å²) in [6.07, 6.45) is 2.78. The summed E-state index contributed by atoms with van der Waals surface area (Å²) in [7, 11) is 1.53. The first kappa shape index (κ1) is 23.4. The Labute approximate surface area is 202 Å². The molecule has 1 aliphatic carbocycles. The fourth-order valence-electron chi connectivity index (χ4n) is 5.12. The van der Waals surface area contributed by atoms with Crippen LogP contribution in [0.4, 0.5) is 8.78 Å². The number of nitrogens with zero attached hydrogens (tertiary/aromatic N) is 1. The van der Waals surface area contributed by atoms with Crippen LogP contribution in [-0.2, 0) is 22.4 Å². The predicted octanol–water partition coefficient (Wildman–Crippen LogP) is 4.50. The van der Waals surface area contributed by atoms with Crippen molar-refractivity contribution in [3.63, 3.8) is 0 Å². The van der Waals surface area contributed by atoms with Gasteiger partial charge < -0.3 is 14.6 Å². The molecule has 2 aromatic carbocycles. The van der Waals surface area contributed by atoms with Crippen molar-refractivity contribution >= 4 is 5.91 Å². The number of methoxy groups -OCH3 is 1. The van der Waals surface area contributed by atoms with Crippen molar-refractivity contribution in [1.82, 2.24) is 9.88 Å². The normalized spacial score (nSPS) is 20.2. The lowest BCUT2D eigenvalue weighted by Crippen LogP contribution is -2.52. The molecule has 0 bridgehead atoms. The first-order valence-electron chi connectivity index (χ1n) is 11.9. The first-order chi connectivity index (χ1) is 16.8. The van der Waals surface area contributed by atoms with E-state index in [0.717, 1.165) is 5.69 Å². The number of carbonyl (C=O) groups is 1. The van der Waals surface area contributed by atoms with E-state index in [2.05, 4.69) is 5.32 Å². The molecule has 0 spiro atoms. The van der Waals surface area contributed by atoms with Crippen LogP contribution in [0.1, 0.15) is 42.1 Å². The van der Waals surface area contributed by atoms with Gasteiger partial charge in [0.15, 0.2) is 0 Å². The maximum atomic E-state index is 15.7. The van der Waals surface area contributed by atoms with Crippen LogP contribution >= 0.6 is 0 Å². The van der Waals surface area contributed by atoms with Crippen LogP contribution < -0.4 is 10.9 Å². The van der Waals surface area contributed by atoms with Gasteiger partial charge in [-0.1, -0.05) is 36.4 Å². The monoisotopic (exact) mass is 478 g/mol. The summed E-state index contributed by atoms with van der Waals surface area (Å²) >= 11 is 0. The van der Waals surface area contributed by atoms with Crippen molar-refractivity contribution in [3.05, 3.63) is 93.4 Å².